The van der Waals surface area contributed by atoms with Gasteiger partial charge in [-0.15, -0.1) is 0 Å². The Bertz CT molecular complexity index is 1080. The van der Waals surface area contributed by atoms with E-state index in [9.17, 15) is 4.79 Å². The summed E-state index contributed by atoms with van der Waals surface area (Å²) >= 11 is 12.6. The van der Waals surface area contributed by atoms with Gasteiger partial charge in [0.15, 0.2) is 0 Å². The molecule has 4 rings (SSSR count). The Balaban J connectivity index is 1.81. The van der Waals surface area contributed by atoms with Gasteiger partial charge in [-0.05, 0) is 43.7 Å². The summed E-state index contributed by atoms with van der Waals surface area (Å²) in [6, 6.07) is 9.25. The van der Waals surface area contributed by atoms with E-state index in [0.717, 1.165) is 11.3 Å². The highest BCUT2D eigenvalue weighted by Crippen LogP contribution is 2.35. The smallest absolute Gasteiger partial charge is 0.259 e. The summed E-state index contributed by atoms with van der Waals surface area (Å²) in [5, 5.41) is 1.07. The molecule has 0 radical (unpaired) electrons. The standard InChI is InChI=1S/C20H19Cl2N5O/c1-13-14(2)24-20-26(18-6-5-16(21)8-17(18)22)11-25(12-27(20)19(13)28)10-15-4-3-7-23-9-15/h3-9H,10-12H2,1-2H3. The third-order valence-corrected chi connectivity index (χ3v) is 5.41. The average Bonchev–Trinajstić information content (AvgIpc) is 2.67. The molecular weight excluding hydrogens is 397 g/mol. The van der Waals surface area contributed by atoms with Gasteiger partial charge in [-0.1, -0.05) is 29.3 Å². The molecule has 144 valence electrons. The predicted molar refractivity (Wildman–Crippen MR) is 111 cm³/mol. The van der Waals surface area contributed by atoms with E-state index >= 15 is 0 Å². The molecule has 3 aromatic rings. The van der Waals surface area contributed by atoms with Gasteiger partial charge in [-0.2, -0.15) is 0 Å². The van der Waals surface area contributed by atoms with Crippen molar-refractivity contribution in [2.45, 2.75) is 27.1 Å². The average molecular weight is 416 g/mol. The van der Waals surface area contributed by atoms with Crippen LogP contribution in [-0.4, -0.2) is 26.1 Å². The van der Waals surface area contributed by atoms with Gasteiger partial charge in [-0.25, -0.2) is 4.98 Å². The Hall–Kier alpha value is -2.41. The molecule has 1 aromatic carbocycles. The van der Waals surface area contributed by atoms with Crippen LogP contribution in [0.2, 0.25) is 10.0 Å². The van der Waals surface area contributed by atoms with Crippen LogP contribution in [-0.2, 0) is 13.2 Å². The van der Waals surface area contributed by atoms with E-state index in [1.807, 2.05) is 36.2 Å². The van der Waals surface area contributed by atoms with Gasteiger partial charge in [0.2, 0.25) is 5.95 Å². The molecule has 0 spiro atoms. The third kappa shape index (κ3) is 3.51. The Morgan fingerprint density at radius 1 is 1.14 bits per heavy atom. The van der Waals surface area contributed by atoms with Crippen LogP contribution in [0, 0.1) is 13.8 Å². The van der Waals surface area contributed by atoms with E-state index in [2.05, 4.69) is 9.88 Å². The summed E-state index contributed by atoms with van der Waals surface area (Å²) in [4.78, 5) is 25.9. The molecule has 0 saturated heterocycles. The molecule has 6 nitrogen and oxygen atoms in total. The summed E-state index contributed by atoms with van der Waals surface area (Å²) in [7, 11) is 0. The predicted octanol–water partition coefficient (Wildman–Crippen LogP) is 4.13. The first kappa shape index (κ1) is 18.9. The van der Waals surface area contributed by atoms with Crippen LogP contribution >= 0.6 is 23.2 Å². The highest BCUT2D eigenvalue weighted by atomic mass is 35.5. The van der Waals surface area contributed by atoms with E-state index in [-0.39, 0.29) is 5.56 Å². The zero-order valence-corrected chi connectivity index (χ0v) is 17.1. The second kappa shape index (κ2) is 7.54. The van der Waals surface area contributed by atoms with Crippen LogP contribution in [0.25, 0.3) is 0 Å². The summed E-state index contributed by atoms with van der Waals surface area (Å²) in [6.07, 6.45) is 3.58. The Kier molecular flexibility index (Phi) is 5.10. The molecule has 0 atom stereocenters. The molecule has 8 heteroatoms. The maximum absolute atomic E-state index is 13.0. The molecule has 2 aromatic heterocycles. The normalized spacial score (nSPS) is 14.2. The topological polar surface area (TPSA) is 54.3 Å². The minimum atomic E-state index is -0.0477. The van der Waals surface area contributed by atoms with E-state index in [4.69, 9.17) is 28.2 Å². The lowest BCUT2D eigenvalue weighted by Crippen LogP contribution is -2.47. The molecule has 0 unspecified atom stereocenters. The van der Waals surface area contributed by atoms with Crippen molar-refractivity contribution in [2.24, 2.45) is 0 Å². The quantitative estimate of drug-likeness (QED) is 0.643. The lowest BCUT2D eigenvalue weighted by Gasteiger charge is -2.38. The first-order valence-corrected chi connectivity index (χ1v) is 9.61. The largest absolute Gasteiger partial charge is 0.297 e. The molecule has 28 heavy (non-hydrogen) atoms. The number of fused-ring (bicyclic) bond motifs is 1. The van der Waals surface area contributed by atoms with Gasteiger partial charge < -0.3 is 0 Å². The zero-order chi connectivity index (χ0) is 19.8. The number of nitrogens with zero attached hydrogens (tertiary/aromatic N) is 5. The van der Waals surface area contributed by atoms with E-state index in [1.54, 1.807) is 29.8 Å². The highest BCUT2D eigenvalue weighted by Gasteiger charge is 2.28. The zero-order valence-electron chi connectivity index (χ0n) is 15.6. The van der Waals surface area contributed by atoms with Crippen molar-refractivity contribution in [1.29, 1.82) is 0 Å². The fourth-order valence-corrected chi connectivity index (χ4v) is 3.83. The Labute approximate surface area is 173 Å². The summed E-state index contributed by atoms with van der Waals surface area (Å²) in [6.45, 7) is 5.28. The van der Waals surface area contributed by atoms with Crippen molar-refractivity contribution >= 4 is 34.8 Å². The van der Waals surface area contributed by atoms with Gasteiger partial charge in [0.1, 0.15) is 0 Å². The minimum Gasteiger partial charge on any atom is -0.297 e. The van der Waals surface area contributed by atoms with Crippen LogP contribution in [0.5, 0.6) is 0 Å². The second-order valence-corrected chi connectivity index (χ2v) is 7.70. The Morgan fingerprint density at radius 3 is 2.68 bits per heavy atom. The van der Waals surface area contributed by atoms with E-state index < -0.39 is 0 Å². The second-order valence-electron chi connectivity index (χ2n) is 6.85. The van der Waals surface area contributed by atoms with Crippen LogP contribution in [0.15, 0.2) is 47.5 Å². The van der Waals surface area contributed by atoms with Gasteiger partial charge >= 0.3 is 0 Å². The maximum atomic E-state index is 13.0. The lowest BCUT2D eigenvalue weighted by atomic mass is 10.2. The number of aryl methyl sites for hydroxylation is 1. The molecular formula is C20H19Cl2N5O. The number of pyridine rings is 1. The number of hydrogen-bond donors (Lipinski definition) is 0. The minimum absolute atomic E-state index is 0.0477. The summed E-state index contributed by atoms with van der Waals surface area (Å²) < 4.78 is 1.69. The molecule has 1 aliphatic heterocycles. The molecule has 0 aliphatic carbocycles. The number of halogens is 2. The number of aromatic nitrogens is 3. The molecule has 3 heterocycles. The van der Waals surface area contributed by atoms with Crippen molar-refractivity contribution < 1.29 is 0 Å². The number of hydrogen-bond acceptors (Lipinski definition) is 5. The third-order valence-electron chi connectivity index (χ3n) is 4.87. The van der Waals surface area contributed by atoms with Gasteiger partial charge in [0.05, 0.1) is 24.0 Å². The summed E-state index contributed by atoms with van der Waals surface area (Å²) in [5.41, 5.74) is 3.14. The van der Waals surface area contributed by atoms with Crippen molar-refractivity contribution in [3.63, 3.8) is 0 Å². The van der Waals surface area contributed by atoms with Crippen LogP contribution in [0.3, 0.4) is 0 Å². The van der Waals surface area contributed by atoms with Crippen LogP contribution < -0.4 is 10.5 Å². The molecule has 0 fully saturated rings. The van der Waals surface area contributed by atoms with Crippen LogP contribution in [0.4, 0.5) is 11.6 Å². The van der Waals surface area contributed by atoms with Gasteiger partial charge in [0.25, 0.3) is 5.56 Å². The van der Waals surface area contributed by atoms with Crippen molar-refractivity contribution in [3.8, 4) is 0 Å². The monoisotopic (exact) mass is 415 g/mol. The van der Waals surface area contributed by atoms with Crippen LogP contribution in [0.1, 0.15) is 16.8 Å². The molecule has 0 saturated carbocycles. The number of rotatable bonds is 3. The number of anilines is 2. The first-order chi connectivity index (χ1) is 13.4. The fraction of sp³-hybridized carbons (Fsp3) is 0.250. The maximum Gasteiger partial charge on any atom is 0.259 e. The Morgan fingerprint density at radius 2 is 1.96 bits per heavy atom. The summed E-state index contributed by atoms with van der Waals surface area (Å²) in [5.74, 6) is 0.583. The molecule has 0 bridgehead atoms. The SMILES string of the molecule is Cc1nc2n(c(=O)c1C)CN(Cc1cccnc1)CN2c1ccc(Cl)cc1Cl. The first-order valence-electron chi connectivity index (χ1n) is 8.86. The fourth-order valence-electron chi connectivity index (χ4n) is 3.32. The number of benzene rings is 1. The van der Waals surface area contributed by atoms with Gasteiger partial charge in [0, 0.05) is 35.2 Å². The van der Waals surface area contributed by atoms with Crippen molar-refractivity contribution in [3.05, 3.63) is 79.9 Å². The highest BCUT2D eigenvalue weighted by molar-refractivity contribution is 6.36. The lowest BCUT2D eigenvalue weighted by molar-refractivity contribution is 0.189. The van der Waals surface area contributed by atoms with E-state index in [0.29, 0.717) is 47.1 Å². The molecule has 0 amide bonds. The van der Waals surface area contributed by atoms with E-state index in [1.165, 1.54) is 0 Å². The molecule has 0 N–H and O–H groups in total. The van der Waals surface area contributed by atoms with Crippen molar-refractivity contribution in [1.82, 2.24) is 19.4 Å². The van der Waals surface area contributed by atoms with Crippen molar-refractivity contribution in [2.75, 3.05) is 11.6 Å². The van der Waals surface area contributed by atoms with Gasteiger partial charge in [-0.3, -0.25) is 24.1 Å². The molecule has 1 aliphatic rings.